The number of thioether (sulfide) groups is 1. The van der Waals surface area contributed by atoms with E-state index in [0.29, 0.717) is 28.0 Å². The molecule has 0 aliphatic carbocycles. The molecule has 5 nitrogen and oxygen atoms in total. The van der Waals surface area contributed by atoms with Crippen LogP contribution in [0.5, 0.6) is 0 Å². The number of hydrogen-bond acceptors (Lipinski definition) is 6. The first kappa shape index (κ1) is 17.5. The predicted molar refractivity (Wildman–Crippen MR) is 91.2 cm³/mol. The Morgan fingerprint density at radius 1 is 1.39 bits per heavy atom. The molecule has 0 saturated carbocycles. The van der Waals surface area contributed by atoms with Gasteiger partial charge in [0, 0.05) is 12.5 Å². The van der Waals surface area contributed by atoms with Crippen LogP contribution >= 0.6 is 24.0 Å². The van der Waals surface area contributed by atoms with Crippen molar-refractivity contribution in [3.63, 3.8) is 0 Å². The molecule has 1 aliphatic rings. The molecule has 1 saturated heterocycles. The van der Waals surface area contributed by atoms with Crippen molar-refractivity contribution in [2.75, 3.05) is 6.54 Å². The Labute approximate surface area is 144 Å². The van der Waals surface area contributed by atoms with Crippen molar-refractivity contribution in [3.05, 3.63) is 41.2 Å². The third kappa shape index (κ3) is 5.37. The summed E-state index contributed by atoms with van der Waals surface area (Å²) in [5.41, 5.74) is 0. The van der Waals surface area contributed by atoms with Gasteiger partial charge in [-0.3, -0.25) is 9.69 Å². The maximum Gasteiger partial charge on any atom is 0.266 e. The topological polar surface area (TPSA) is 73.6 Å². The van der Waals surface area contributed by atoms with Gasteiger partial charge >= 0.3 is 0 Å². The first-order valence-electron chi connectivity index (χ1n) is 7.23. The molecule has 23 heavy (non-hydrogen) atoms. The molecule has 122 valence electrons. The zero-order valence-electron chi connectivity index (χ0n) is 12.4. The van der Waals surface area contributed by atoms with Crippen molar-refractivity contribution in [1.29, 1.82) is 0 Å². The van der Waals surface area contributed by atoms with Crippen LogP contribution in [-0.2, 0) is 9.59 Å². The molecule has 0 bridgehead atoms. The second-order valence-corrected chi connectivity index (χ2v) is 6.59. The number of carboxylic acid groups (broad SMARTS) is 1. The lowest BCUT2D eigenvalue weighted by molar-refractivity contribution is -0.305. The van der Waals surface area contributed by atoms with Crippen LogP contribution in [0.2, 0.25) is 0 Å². The lowest BCUT2D eigenvalue weighted by Crippen LogP contribution is -2.29. The van der Waals surface area contributed by atoms with Gasteiger partial charge in [0.2, 0.25) is 0 Å². The van der Waals surface area contributed by atoms with Crippen LogP contribution in [0, 0.1) is 0 Å². The highest BCUT2D eigenvalue weighted by Gasteiger charge is 2.30. The summed E-state index contributed by atoms with van der Waals surface area (Å²) < 4.78 is 5.70. The second-order valence-electron chi connectivity index (χ2n) is 4.91. The second kappa shape index (κ2) is 8.69. The van der Waals surface area contributed by atoms with Gasteiger partial charge in [0.1, 0.15) is 10.1 Å². The van der Waals surface area contributed by atoms with Crippen LogP contribution in [0.15, 0.2) is 39.9 Å². The minimum absolute atomic E-state index is 0.0515. The van der Waals surface area contributed by atoms with Crippen LogP contribution in [0.3, 0.4) is 0 Å². The summed E-state index contributed by atoms with van der Waals surface area (Å²) in [5, 5.41) is 10.3. The fourth-order valence-electron chi connectivity index (χ4n) is 2.04. The van der Waals surface area contributed by atoms with Crippen LogP contribution in [0.25, 0.3) is 6.08 Å². The molecule has 0 spiro atoms. The van der Waals surface area contributed by atoms with Gasteiger partial charge in [-0.05, 0) is 43.5 Å². The fraction of sp³-hybridized carbons (Fsp3) is 0.312. The summed E-state index contributed by atoms with van der Waals surface area (Å²) >= 11 is 6.50. The minimum Gasteiger partial charge on any atom is -0.550 e. The summed E-state index contributed by atoms with van der Waals surface area (Å²) in [6, 6.07) is 3.61. The lowest BCUT2D eigenvalue weighted by Gasteiger charge is -2.14. The normalized spacial score (nSPS) is 16.9. The summed E-state index contributed by atoms with van der Waals surface area (Å²) in [6.45, 7) is 0.511. The van der Waals surface area contributed by atoms with Crippen molar-refractivity contribution >= 4 is 46.3 Å². The zero-order chi connectivity index (χ0) is 16.7. The van der Waals surface area contributed by atoms with Crippen molar-refractivity contribution in [2.24, 2.45) is 0 Å². The third-order valence-electron chi connectivity index (χ3n) is 3.19. The largest absolute Gasteiger partial charge is 0.550 e. The SMILES string of the molecule is O=C([O-])CCCCCN1C(=O)/C(=C/C=C/c2ccco2)SC1=S. The van der Waals surface area contributed by atoms with Gasteiger partial charge in [0.15, 0.2) is 0 Å². The van der Waals surface area contributed by atoms with Crippen molar-refractivity contribution < 1.29 is 19.1 Å². The highest BCUT2D eigenvalue weighted by atomic mass is 32.2. The van der Waals surface area contributed by atoms with Crippen molar-refractivity contribution in [2.45, 2.75) is 25.7 Å². The van der Waals surface area contributed by atoms with E-state index in [-0.39, 0.29) is 12.3 Å². The van der Waals surface area contributed by atoms with Crippen molar-refractivity contribution in [1.82, 2.24) is 4.90 Å². The van der Waals surface area contributed by atoms with Gasteiger partial charge in [-0.2, -0.15) is 0 Å². The smallest absolute Gasteiger partial charge is 0.266 e. The minimum atomic E-state index is -1.04. The molecule has 1 fully saturated rings. The van der Waals surface area contributed by atoms with Crippen LogP contribution in [-0.4, -0.2) is 27.6 Å². The summed E-state index contributed by atoms with van der Waals surface area (Å²) in [4.78, 5) is 24.7. The maximum atomic E-state index is 12.3. The molecule has 7 heteroatoms. The van der Waals surface area contributed by atoms with Gasteiger partial charge in [-0.1, -0.05) is 36.5 Å². The molecule has 0 radical (unpaired) electrons. The lowest BCUT2D eigenvalue weighted by atomic mass is 10.2. The predicted octanol–water partition coefficient (Wildman–Crippen LogP) is 2.35. The van der Waals surface area contributed by atoms with Gasteiger partial charge < -0.3 is 14.3 Å². The van der Waals surface area contributed by atoms with Gasteiger partial charge in [-0.15, -0.1) is 0 Å². The molecule has 0 unspecified atom stereocenters. The molecule has 0 N–H and O–H groups in total. The zero-order valence-corrected chi connectivity index (χ0v) is 14.0. The fourth-order valence-corrected chi connectivity index (χ4v) is 3.30. The van der Waals surface area contributed by atoms with E-state index in [9.17, 15) is 14.7 Å². The highest BCUT2D eigenvalue weighted by Crippen LogP contribution is 2.31. The van der Waals surface area contributed by atoms with E-state index in [2.05, 4.69) is 0 Å². The Bertz CT molecular complexity index is 635. The van der Waals surface area contributed by atoms with E-state index in [4.69, 9.17) is 16.6 Å². The average molecular weight is 350 g/mol. The summed E-state index contributed by atoms with van der Waals surface area (Å²) in [5.74, 6) is -0.435. The molecular formula is C16H16NO4S2-. The molecule has 0 atom stereocenters. The number of allylic oxidation sites excluding steroid dienone is 2. The molecule has 1 aliphatic heterocycles. The third-order valence-corrected chi connectivity index (χ3v) is 4.58. The van der Waals surface area contributed by atoms with Crippen molar-refractivity contribution in [3.8, 4) is 0 Å². The number of rotatable bonds is 8. The average Bonchev–Trinajstić information content (AvgIpc) is 3.10. The molecule has 2 rings (SSSR count). The number of furan rings is 1. The van der Waals surface area contributed by atoms with Gasteiger partial charge in [0.25, 0.3) is 5.91 Å². The first-order valence-corrected chi connectivity index (χ1v) is 8.46. The number of carbonyl (C=O) groups is 2. The van der Waals surface area contributed by atoms with Crippen LogP contribution in [0.4, 0.5) is 0 Å². The standard InChI is InChI=1S/C16H17NO4S2/c18-14(19)9-2-1-3-10-17-15(20)13(23-16(17)22)8-4-6-12-7-5-11-21-12/h4-8,11H,1-3,9-10H2,(H,18,19)/p-1/b6-4+,13-8-. The summed E-state index contributed by atoms with van der Waals surface area (Å²) in [7, 11) is 0. The number of carboxylic acids is 1. The Morgan fingerprint density at radius 3 is 2.91 bits per heavy atom. The number of thiocarbonyl (C=S) groups is 1. The first-order chi connectivity index (χ1) is 11.1. The number of aliphatic carboxylic acids is 1. The molecule has 1 aromatic rings. The van der Waals surface area contributed by atoms with E-state index < -0.39 is 5.97 Å². The number of hydrogen-bond donors (Lipinski definition) is 0. The van der Waals surface area contributed by atoms with Gasteiger partial charge in [-0.25, -0.2) is 0 Å². The Balaban J connectivity index is 1.83. The number of carbonyl (C=O) groups excluding carboxylic acids is 2. The van der Waals surface area contributed by atoms with E-state index in [1.54, 1.807) is 35.5 Å². The van der Waals surface area contributed by atoms with E-state index >= 15 is 0 Å². The Morgan fingerprint density at radius 2 is 2.22 bits per heavy atom. The number of amides is 1. The quantitative estimate of drug-likeness (QED) is 0.407. The number of unbranched alkanes of at least 4 members (excludes halogenated alkanes) is 2. The molecule has 1 aromatic heterocycles. The highest BCUT2D eigenvalue weighted by molar-refractivity contribution is 8.26. The summed E-state index contributed by atoms with van der Waals surface area (Å²) in [6.07, 6.45) is 8.88. The van der Waals surface area contributed by atoms with Crippen LogP contribution < -0.4 is 5.11 Å². The molecule has 0 aromatic carbocycles. The Kier molecular flexibility index (Phi) is 6.61. The number of nitrogens with zero attached hydrogens (tertiary/aromatic N) is 1. The maximum absolute atomic E-state index is 12.3. The van der Waals surface area contributed by atoms with Gasteiger partial charge in [0.05, 0.1) is 11.2 Å². The monoisotopic (exact) mass is 350 g/mol. The molecular weight excluding hydrogens is 334 g/mol. The van der Waals surface area contributed by atoms with E-state index in [0.717, 1.165) is 12.8 Å². The molecule has 1 amide bonds. The van der Waals surface area contributed by atoms with Crippen LogP contribution in [0.1, 0.15) is 31.4 Å². The van der Waals surface area contributed by atoms with E-state index in [1.807, 2.05) is 6.07 Å². The van der Waals surface area contributed by atoms with E-state index in [1.165, 1.54) is 11.8 Å². The Hall–Kier alpha value is -1.86. The molecule has 2 heterocycles.